The lowest BCUT2D eigenvalue weighted by atomic mass is 10.0. The quantitative estimate of drug-likeness (QED) is 0.0142. The molecule has 86 heavy (non-hydrogen) atoms. The van der Waals surface area contributed by atoms with Gasteiger partial charge in [-0.2, -0.15) is 0 Å². The van der Waals surface area contributed by atoms with Crippen molar-refractivity contribution in [1.29, 1.82) is 0 Å². The zero-order valence-electron chi connectivity index (χ0n) is 49.7. The van der Waals surface area contributed by atoms with Crippen molar-refractivity contribution in [3.8, 4) is 28.0 Å². The molecule has 7 rings (SSSR count). The molecule has 0 saturated carbocycles. The van der Waals surface area contributed by atoms with Gasteiger partial charge in [0.15, 0.2) is 6.61 Å². The van der Waals surface area contributed by atoms with Gasteiger partial charge < -0.3 is 40.1 Å². The Hall–Kier alpha value is -9.84. The van der Waals surface area contributed by atoms with Crippen LogP contribution in [0.1, 0.15) is 94.5 Å². The van der Waals surface area contributed by atoms with E-state index in [1.165, 1.54) is 104 Å². The number of nitrogens with two attached hydrogens (primary N) is 1. The minimum Gasteiger partial charge on any atom is -0.492 e. The molecule has 0 saturated heterocycles. The first kappa shape index (κ1) is 72.3. The van der Waals surface area contributed by atoms with Gasteiger partial charge in [0, 0.05) is 37.4 Å². The second kappa shape index (κ2) is 38.8. The van der Waals surface area contributed by atoms with Crippen molar-refractivity contribution in [3.05, 3.63) is 240 Å². The van der Waals surface area contributed by atoms with Crippen molar-refractivity contribution < 1.29 is 69.6 Å². The molecule has 1 aliphatic carbocycles. The van der Waals surface area contributed by atoms with Crippen LogP contribution >= 0.6 is 0 Å². The molecule has 0 bridgehead atoms. The van der Waals surface area contributed by atoms with Gasteiger partial charge in [-0.25, -0.2) is 27.2 Å². The second-order valence-electron chi connectivity index (χ2n) is 18.2. The molecule has 0 aromatic heterocycles. The number of hydrogen-bond acceptors (Lipinski definition) is 10. The van der Waals surface area contributed by atoms with E-state index in [0.717, 1.165) is 24.7 Å². The number of carbonyl (C=O) groups is 5. The Morgan fingerprint density at radius 2 is 1.19 bits per heavy atom. The zero-order valence-corrected chi connectivity index (χ0v) is 49.7. The van der Waals surface area contributed by atoms with Crippen molar-refractivity contribution in [2.24, 2.45) is 5.73 Å². The molecule has 456 valence electrons. The maximum atomic E-state index is 14.4. The van der Waals surface area contributed by atoms with Crippen molar-refractivity contribution in [2.45, 2.75) is 80.1 Å². The first-order valence-electron chi connectivity index (χ1n) is 27.0. The van der Waals surface area contributed by atoms with Crippen LogP contribution in [0.25, 0.3) is 28.3 Å². The molecular formula is C68H74F5N3O10. The monoisotopic (exact) mass is 1190 g/mol. The number of anilines is 2. The number of alkyl halides is 1. The number of amides is 3. The minimum atomic E-state index is -1.58. The van der Waals surface area contributed by atoms with Crippen LogP contribution in [0.4, 0.5) is 38.1 Å². The molecule has 4 N–H and O–H groups in total. The molecule has 6 aromatic carbocycles. The maximum absolute atomic E-state index is 14.4. The summed E-state index contributed by atoms with van der Waals surface area (Å²) in [6, 6.07) is 32.2. The summed E-state index contributed by atoms with van der Waals surface area (Å²) in [6.45, 7) is 21.0. The number of rotatable bonds is 18. The molecule has 0 fully saturated rings. The van der Waals surface area contributed by atoms with Crippen LogP contribution in [0.5, 0.6) is 5.75 Å². The molecule has 0 atom stereocenters. The highest BCUT2D eigenvalue weighted by molar-refractivity contribution is 6.06. The molecular weight excluding hydrogens is 1110 g/mol. The fraction of sp³-hybridized carbons (Fsp3) is 0.221. The van der Waals surface area contributed by atoms with Crippen molar-refractivity contribution in [1.82, 2.24) is 0 Å². The van der Waals surface area contributed by atoms with Crippen LogP contribution < -0.4 is 21.1 Å². The van der Waals surface area contributed by atoms with Gasteiger partial charge >= 0.3 is 12.1 Å². The lowest BCUT2D eigenvalue weighted by Gasteiger charge is -2.24. The summed E-state index contributed by atoms with van der Waals surface area (Å²) in [4.78, 5) is 59.7. The maximum Gasteiger partial charge on any atom is 0.511 e. The topological polar surface area (TPSA) is 182 Å². The third-order valence-electron chi connectivity index (χ3n) is 10.6. The summed E-state index contributed by atoms with van der Waals surface area (Å²) in [5.41, 5.74) is 9.26. The number of benzene rings is 6. The van der Waals surface area contributed by atoms with E-state index in [0.29, 0.717) is 40.7 Å². The molecule has 0 aliphatic heterocycles. The highest BCUT2D eigenvalue weighted by Gasteiger charge is 2.29. The van der Waals surface area contributed by atoms with Crippen molar-refractivity contribution >= 4 is 47.3 Å². The van der Waals surface area contributed by atoms with E-state index in [4.69, 9.17) is 24.7 Å². The number of halogens is 5. The first-order valence-corrected chi connectivity index (χ1v) is 27.0. The normalized spacial score (nSPS) is 11.1. The Morgan fingerprint density at radius 3 is 1.67 bits per heavy atom. The standard InChI is InChI=1S/C27H25F2NO7.C22H16F2N2O2.C13H18O.C3H6.C2H6.CH3F/c1-4-34-26(33)37-27(2,3)36-24(31)16-35-21-10-6-9-20(15-21)30-25(32)22-14-18(11-12-23(22)29)17-7-5-8-19(28)13-17;23-17-5-2-4-15(12-17)16-8-9-20(24)19(13-16)22(28)26-18-6-1-3-14(11-18)7-10-21(25)27;1-11(2)14-12(3)9-10-13-7-5-4-6-8-13;1-3-2;2*1-2/h5-15H,4,16H2,1-3H3,(H,30,32);1-13H,(H2,25,27)(H,26,28);5,7-11H,3-4,6H2,1-2H3;3H,1H2,2H3;1-2H3;1H3/b;10-7+;10-9+;;;. The first-order chi connectivity index (χ1) is 41.1. The van der Waals surface area contributed by atoms with E-state index in [1.807, 2.05) is 46.8 Å². The van der Waals surface area contributed by atoms with E-state index in [1.54, 1.807) is 67.6 Å². The van der Waals surface area contributed by atoms with Gasteiger partial charge in [-0.15, -0.1) is 6.58 Å². The lowest BCUT2D eigenvalue weighted by Crippen LogP contribution is -2.35. The largest absolute Gasteiger partial charge is 0.511 e. The molecule has 18 heteroatoms. The molecule has 3 amide bonds. The number of esters is 1. The molecule has 0 spiro atoms. The average molecular weight is 1190 g/mol. The van der Waals surface area contributed by atoms with Gasteiger partial charge in [-0.1, -0.05) is 105 Å². The molecule has 0 unspecified atom stereocenters. The molecule has 6 aromatic rings. The van der Waals surface area contributed by atoms with E-state index in [9.17, 15) is 45.9 Å². The predicted octanol–water partition coefficient (Wildman–Crippen LogP) is 16.7. The number of primary amides is 1. The Balaban J connectivity index is 0.000000451. The van der Waals surface area contributed by atoms with Crippen LogP contribution in [0.2, 0.25) is 0 Å². The van der Waals surface area contributed by atoms with Crippen LogP contribution in [-0.4, -0.2) is 62.1 Å². The van der Waals surface area contributed by atoms with Crippen LogP contribution in [0.15, 0.2) is 200 Å². The van der Waals surface area contributed by atoms with E-state index in [-0.39, 0.29) is 35.3 Å². The van der Waals surface area contributed by atoms with Gasteiger partial charge in [-0.3, -0.25) is 18.8 Å². The van der Waals surface area contributed by atoms with Gasteiger partial charge in [0.25, 0.3) is 17.6 Å². The summed E-state index contributed by atoms with van der Waals surface area (Å²) in [7, 11) is 0.500. The van der Waals surface area contributed by atoms with Crippen LogP contribution in [0, 0.1) is 23.3 Å². The van der Waals surface area contributed by atoms with E-state index >= 15 is 0 Å². The Bertz CT molecular complexity index is 3340. The number of carbonyl (C=O) groups excluding carboxylic acids is 5. The molecule has 1 aliphatic rings. The zero-order chi connectivity index (χ0) is 64.2. The second-order valence-corrected chi connectivity index (χ2v) is 18.2. The van der Waals surface area contributed by atoms with Crippen LogP contribution in [0.3, 0.4) is 0 Å². The molecule has 13 nitrogen and oxygen atoms in total. The number of allylic oxidation sites excluding steroid dienone is 7. The van der Waals surface area contributed by atoms with E-state index < -0.39 is 65.5 Å². The Kier molecular flexibility index (Phi) is 32.6. The summed E-state index contributed by atoms with van der Waals surface area (Å²) >= 11 is 0. The summed E-state index contributed by atoms with van der Waals surface area (Å²) in [5, 5.41) is 5.18. The fourth-order valence-corrected chi connectivity index (χ4v) is 7.16. The third-order valence-corrected chi connectivity index (χ3v) is 10.6. The van der Waals surface area contributed by atoms with Gasteiger partial charge in [0.1, 0.15) is 34.8 Å². The summed E-state index contributed by atoms with van der Waals surface area (Å²) in [5.74, 6) is -5.75. The van der Waals surface area contributed by atoms with E-state index in [2.05, 4.69) is 46.8 Å². The van der Waals surface area contributed by atoms with Crippen LogP contribution in [-0.2, 0) is 28.5 Å². The molecule has 0 radical (unpaired) electrons. The van der Waals surface area contributed by atoms with Crippen molar-refractivity contribution in [3.63, 3.8) is 0 Å². The molecule has 0 heterocycles. The van der Waals surface area contributed by atoms with Gasteiger partial charge in [-0.05, 0) is 159 Å². The Labute approximate surface area is 500 Å². The third kappa shape index (κ3) is 27.5. The lowest BCUT2D eigenvalue weighted by molar-refractivity contribution is -0.202. The van der Waals surface area contributed by atoms with Gasteiger partial charge in [0.05, 0.1) is 31.0 Å². The summed E-state index contributed by atoms with van der Waals surface area (Å²) < 4.78 is 90.6. The number of ether oxygens (including phenoxy) is 5. The predicted molar refractivity (Wildman–Crippen MR) is 330 cm³/mol. The summed E-state index contributed by atoms with van der Waals surface area (Å²) in [6.07, 6.45) is 16.4. The van der Waals surface area contributed by atoms with Crippen molar-refractivity contribution in [2.75, 3.05) is 31.0 Å². The van der Waals surface area contributed by atoms with Gasteiger partial charge in [0.2, 0.25) is 5.91 Å². The smallest absolute Gasteiger partial charge is 0.492 e. The SMILES string of the molecule is C=C(/C=C/C1=CCCC=C1)OC(C)C.C=CC.CC.CCOC(=O)OC(C)(C)OC(=O)COc1cccc(NC(=O)c2cc(-c3cccc(F)c3)ccc2F)c1.CF.NC(=O)/C=C/c1cccc(NC(=O)c2cc(-c3cccc(F)c3)ccc2F)c1. The minimum absolute atomic E-state index is 0.101. The highest BCUT2D eigenvalue weighted by atomic mass is 19.1. The fourth-order valence-electron chi connectivity index (χ4n) is 7.16. The number of hydrogen-bond donors (Lipinski definition) is 3. The Morgan fingerprint density at radius 1 is 0.674 bits per heavy atom. The highest BCUT2D eigenvalue weighted by Crippen LogP contribution is 2.27. The number of nitrogens with one attached hydrogen (secondary N) is 2. The average Bonchev–Trinajstić information content (AvgIpc) is 1.96.